The summed E-state index contributed by atoms with van der Waals surface area (Å²) >= 11 is 0. The molecule has 1 aromatic heterocycles. The molecule has 1 heterocycles. The van der Waals surface area contributed by atoms with Crippen LogP contribution < -0.4 is 15.8 Å². The van der Waals surface area contributed by atoms with Crippen molar-refractivity contribution in [2.24, 2.45) is 11.7 Å². The maximum atomic E-state index is 11.8. The summed E-state index contributed by atoms with van der Waals surface area (Å²) in [4.78, 5) is 16.1. The summed E-state index contributed by atoms with van der Waals surface area (Å²) in [5.41, 5.74) is 6.36. The molecule has 0 saturated carbocycles. The number of rotatable bonds is 9. The van der Waals surface area contributed by atoms with Crippen molar-refractivity contribution < 1.29 is 14.1 Å². The van der Waals surface area contributed by atoms with Gasteiger partial charge in [-0.2, -0.15) is 4.98 Å². The van der Waals surface area contributed by atoms with E-state index in [0.717, 1.165) is 11.3 Å². The van der Waals surface area contributed by atoms with E-state index in [-0.39, 0.29) is 11.8 Å². The van der Waals surface area contributed by atoms with Gasteiger partial charge >= 0.3 is 0 Å². The van der Waals surface area contributed by atoms with Crippen LogP contribution in [0.4, 0.5) is 0 Å². The van der Waals surface area contributed by atoms with E-state index in [0.29, 0.717) is 44.3 Å². The minimum absolute atomic E-state index is 0.0453. The highest BCUT2D eigenvalue weighted by molar-refractivity contribution is 5.76. The molecule has 0 bridgehead atoms. The predicted molar refractivity (Wildman–Crippen MR) is 90.5 cm³/mol. The Bertz CT molecular complexity index is 640. The number of nitrogens with two attached hydrogens (primary N) is 1. The molecule has 1 atom stereocenters. The summed E-state index contributed by atoms with van der Waals surface area (Å²) in [7, 11) is 0. The Morgan fingerprint density at radius 2 is 2.12 bits per heavy atom. The highest BCUT2D eigenvalue weighted by atomic mass is 16.5. The fraction of sp³-hybridized carbons (Fsp3) is 0.471. The van der Waals surface area contributed by atoms with Crippen LogP contribution in [0.15, 0.2) is 28.8 Å². The van der Waals surface area contributed by atoms with Gasteiger partial charge in [-0.25, -0.2) is 0 Å². The number of carbonyl (C=O) groups excluding carboxylic acids is 1. The Morgan fingerprint density at radius 3 is 2.79 bits per heavy atom. The Kier molecular flexibility index (Phi) is 6.74. The molecule has 7 nitrogen and oxygen atoms in total. The van der Waals surface area contributed by atoms with Crippen LogP contribution in [0.3, 0.4) is 0 Å². The van der Waals surface area contributed by atoms with Gasteiger partial charge < -0.3 is 20.3 Å². The largest absolute Gasteiger partial charge is 0.494 e. The van der Waals surface area contributed by atoms with Crippen molar-refractivity contribution in [1.82, 2.24) is 15.5 Å². The fourth-order valence-electron chi connectivity index (χ4n) is 2.02. The maximum absolute atomic E-state index is 11.8. The first-order chi connectivity index (χ1) is 11.6. The average molecular weight is 332 g/mol. The number of benzene rings is 1. The topological polar surface area (TPSA) is 103 Å². The van der Waals surface area contributed by atoms with Gasteiger partial charge in [-0.3, -0.25) is 4.79 Å². The van der Waals surface area contributed by atoms with Gasteiger partial charge in [0.15, 0.2) is 0 Å². The molecule has 2 rings (SSSR count). The molecule has 0 aliphatic carbocycles. The molecule has 1 unspecified atom stereocenters. The number of hydrogen-bond acceptors (Lipinski definition) is 6. The van der Waals surface area contributed by atoms with Crippen LogP contribution in [0.5, 0.6) is 5.75 Å². The van der Waals surface area contributed by atoms with Gasteiger partial charge in [0.25, 0.3) is 0 Å². The number of nitrogens with zero attached hydrogens (tertiary/aromatic N) is 2. The van der Waals surface area contributed by atoms with E-state index >= 15 is 0 Å². The van der Waals surface area contributed by atoms with Crippen molar-refractivity contribution in [1.29, 1.82) is 0 Å². The van der Waals surface area contributed by atoms with Crippen LogP contribution >= 0.6 is 0 Å². The van der Waals surface area contributed by atoms with Gasteiger partial charge in [0.2, 0.25) is 17.6 Å². The van der Waals surface area contributed by atoms with E-state index in [1.807, 2.05) is 38.1 Å². The molecule has 1 amide bonds. The Hall–Kier alpha value is -2.41. The lowest BCUT2D eigenvalue weighted by Gasteiger charge is -2.09. The quantitative estimate of drug-likeness (QED) is 0.725. The first kappa shape index (κ1) is 17.9. The van der Waals surface area contributed by atoms with Crippen molar-refractivity contribution in [3.63, 3.8) is 0 Å². The third-order valence-electron chi connectivity index (χ3n) is 3.51. The van der Waals surface area contributed by atoms with Gasteiger partial charge in [0.05, 0.1) is 6.61 Å². The predicted octanol–water partition coefficient (Wildman–Crippen LogP) is 1.78. The van der Waals surface area contributed by atoms with Crippen molar-refractivity contribution >= 4 is 5.91 Å². The second kappa shape index (κ2) is 9.02. The molecule has 0 aliphatic rings. The molecule has 1 aromatic carbocycles. The number of ether oxygens (including phenoxy) is 1. The number of aromatic nitrogens is 2. The molecule has 3 N–H and O–H groups in total. The standard InChI is InChI=1S/C17H24N4O3/c1-3-23-14-6-4-13(5-7-14)17-20-16(24-21-17)9-8-15(22)19-11-12(2)10-18/h4-7,12H,3,8-11,18H2,1-2H3,(H,19,22). The molecule has 2 aromatic rings. The molecule has 0 saturated heterocycles. The molecule has 7 heteroatoms. The summed E-state index contributed by atoms with van der Waals surface area (Å²) in [5, 5.41) is 6.79. The molecule has 0 spiro atoms. The van der Waals surface area contributed by atoms with Crippen molar-refractivity contribution in [3.8, 4) is 17.1 Å². The van der Waals surface area contributed by atoms with E-state index in [1.165, 1.54) is 0 Å². The summed E-state index contributed by atoms with van der Waals surface area (Å²) in [6, 6.07) is 7.48. The van der Waals surface area contributed by atoms with E-state index < -0.39 is 0 Å². The lowest BCUT2D eigenvalue weighted by molar-refractivity contribution is -0.121. The molecular formula is C17H24N4O3. The Labute approximate surface area is 141 Å². The molecular weight excluding hydrogens is 308 g/mol. The molecule has 24 heavy (non-hydrogen) atoms. The monoisotopic (exact) mass is 332 g/mol. The molecule has 0 radical (unpaired) electrons. The van der Waals surface area contributed by atoms with Crippen LogP contribution in [0.25, 0.3) is 11.4 Å². The third kappa shape index (κ3) is 5.34. The molecule has 130 valence electrons. The van der Waals surface area contributed by atoms with Crippen LogP contribution in [-0.4, -0.2) is 35.7 Å². The van der Waals surface area contributed by atoms with Gasteiger partial charge in [0, 0.05) is 24.9 Å². The van der Waals surface area contributed by atoms with Gasteiger partial charge in [0.1, 0.15) is 5.75 Å². The minimum Gasteiger partial charge on any atom is -0.494 e. The van der Waals surface area contributed by atoms with E-state index in [2.05, 4.69) is 15.5 Å². The van der Waals surface area contributed by atoms with Crippen molar-refractivity contribution in [3.05, 3.63) is 30.2 Å². The zero-order valence-corrected chi connectivity index (χ0v) is 14.1. The number of aryl methyl sites for hydroxylation is 1. The van der Waals surface area contributed by atoms with E-state index in [4.69, 9.17) is 15.0 Å². The number of carbonyl (C=O) groups is 1. The zero-order chi connectivity index (χ0) is 17.4. The lowest BCUT2D eigenvalue weighted by Crippen LogP contribution is -2.31. The zero-order valence-electron chi connectivity index (χ0n) is 14.1. The first-order valence-corrected chi connectivity index (χ1v) is 8.15. The first-order valence-electron chi connectivity index (χ1n) is 8.15. The van der Waals surface area contributed by atoms with Crippen LogP contribution in [0, 0.1) is 5.92 Å². The number of nitrogens with one attached hydrogen (secondary N) is 1. The smallest absolute Gasteiger partial charge is 0.227 e. The summed E-state index contributed by atoms with van der Waals surface area (Å²) in [5.74, 6) is 1.97. The highest BCUT2D eigenvalue weighted by Gasteiger charge is 2.11. The molecule has 0 fully saturated rings. The van der Waals surface area contributed by atoms with Gasteiger partial charge in [-0.1, -0.05) is 12.1 Å². The fourth-order valence-corrected chi connectivity index (χ4v) is 2.02. The Balaban J connectivity index is 1.85. The minimum atomic E-state index is -0.0453. The summed E-state index contributed by atoms with van der Waals surface area (Å²) in [6.07, 6.45) is 0.717. The maximum Gasteiger partial charge on any atom is 0.227 e. The number of amides is 1. The average Bonchev–Trinajstić information content (AvgIpc) is 3.07. The van der Waals surface area contributed by atoms with Crippen LogP contribution in [0.1, 0.15) is 26.2 Å². The van der Waals surface area contributed by atoms with E-state index in [1.54, 1.807) is 0 Å². The SMILES string of the molecule is CCOc1ccc(-c2noc(CCC(=O)NCC(C)CN)n2)cc1. The lowest BCUT2D eigenvalue weighted by atomic mass is 10.2. The van der Waals surface area contributed by atoms with Gasteiger partial charge in [-0.15, -0.1) is 0 Å². The summed E-state index contributed by atoms with van der Waals surface area (Å²) < 4.78 is 10.6. The Morgan fingerprint density at radius 1 is 1.38 bits per heavy atom. The second-order valence-corrected chi connectivity index (χ2v) is 5.61. The van der Waals surface area contributed by atoms with Gasteiger partial charge in [-0.05, 0) is 43.7 Å². The van der Waals surface area contributed by atoms with Crippen LogP contribution in [0.2, 0.25) is 0 Å². The normalized spacial score (nSPS) is 12.0. The highest BCUT2D eigenvalue weighted by Crippen LogP contribution is 2.20. The van der Waals surface area contributed by atoms with Crippen LogP contribution in [-0.2, 0) is 11.2 Å². The van der Waals surface area contributed by atoms with E-state index in [9.17, 15) is 4.79 Å². The van der Waals surface area contributed by atoms with Crippen molar-refractivity contribution in [2.45, 2.75) is 26.7 Å². The third-order valence-corrected chi connectivity index (χ3v) is 3.51. The van der Waals surface area contributed by atoms with Crippen molar-refractivity contribution in [2.75, 3.05) is 19.7 Å². The summed E-state index contributed by atoms with van der Waals surface area (Å²) in [6.45, 7) is 5.68. The molecule has 0 aliphatic heterocycles. The second-order valence-electron chi connectivity index (χ2n) is 5.61. The number of hydrogen-bond donors (Lipinski definition) is 2.